The first-order valence-electron chi connectivity index (χ1n) is 6.80. The highest BCUT2D eigenvalue weighted by Crippen LogP contribution is 2.21. The van der Waals surface area contributed by atoms with Crippen molar-refractivity contribution in [2.24, 2.45) is 0 Å². The zero-order valence-electron chi connectivity index (χ0n) is 12.1. The van der Waals surface area contributed by atoms with Gasteiger partial charge < -0.3 is 14.5 Å². The van der Waals surface area contributed by atoms with E-state index in [-0.39, 0.29) is 17.6 Å². The molecule has 2 rings (SSSR count). The summed E-state index contributed by atoms with van der Waals surface area (Å²) in [5.41, 5.74) is 0.985. The van der Waals surface area contributed by atoms with E-state index in [4.69, 9.17) is 4.42 Å². The van der Waals surface area contributed by atoms with Crippen LogP contribution in [0.4, 0.5) is 4.39 Å². The van der Waals surface area contributed by atoms with Gasteiger partial charge >= 0.3 is 5.97 Å². The maximum atomic E-state index is 12.9. The fraction of sp³-hybridized carbons (Fsp3) is 0.312. The van der Waals surface area contributed by atoms with Gasteiger partial charge in [-0.15, -0.1) is 0 Å². The standard InChI is InChI=1S/C16H18FNO3/c1-3-18-13(10-11-4-6-12(17)7-5-11)14-8-9-15(21-14)16(19)20-2/h4-9,13,18H,3,10H2,1-2H3. The molecule has 1 heterocycles. The number of hydrogen-bond acceptors (Lipinski definition) is 4. The molecular weight excluding hydrogens is 273 g/mol. The predicted octanol–water partition coefficient (Wildman–Crippen LogP) is 3.10. The topological polar surface area (TPSA) is 51.5 Å². The molecule has 0 saturated carbocycles. The van der Waals surface area contributed by atoms with Crippen LogP contribution in [-0.4, -0.2) is 19.6 Å². The molecule has 4 nitrogen and oxygen atoms in total. The molecule has 1 unspecified atom stereocenters. The van der Waals surface area contributed by atoms with Gasteiger partial charge in [0.25, 0.3) is 0 Å². The van der Waals surface area contributed by atoms with E-state index in [0.717, 1.165) is 12.1 Å². The van der Waals surface area contributed by atoms with Gasteiger partial charge in [0.2, 0.25) is 5.76 Å². The molecule has 0 bridgehead atoms. The van der Waals surface area contributed by atoms with Crippen LogP contribution in [0.5, 0.6) is 0 Å². The van der Waals surface area contributed by atoms with Crippen LogP contribution in [0, 0.1) is 5.82 Å². The van der Waals surface area contributed by atoms with Crippen molar-refractivity contribution < 1.29 is 18.3 Å². The first-order valence-corrected chi connectivity index (χ1v) is 6.80. The number of nitrogens with one attached hydrogen (secondary N) is 1. The molecule has 5 heteroatoms. The molecule has 0 aliphatic rings. The summed E-state index contributed by atoms with van der Waals surface area (Å²) in [6, 6.07) is 9.60. The Labute approximate surface area is 122 Å². The van der Waals surface area contributed by atoms with E-state index in [1.807, 2.05) is 6.92 Å². The average molecular weight is 291 g/mol. The van der Waals surface area contributed by atoms with Crippen molar-refractivity contribution in [3.05, 3.63) is 59.3 Å². The van der Waals surface area contributed by atoms with Gasteiger partial charge in [-0.3, -0.25) is 0 Å². The molecule has 1 N–H and O–H groups in total. The number of esters is 1. The number of rotatable bonds is 6. The Balaban J connectivity index is 2.16. The quantitative estimate of drug-likeness (QED) is 0.831. The molecule has 0 aliphatic heterocycles. The normalized spacial score (nSPS) is 12.1. The summed E-state index contributed by atoms with van der Waals surface area (Å²) in [6.45, 7) is 2.74. The summed E-state index contributed by atoms with van der Waals surface area (Å²) in [7, 11) is 1.31. The van der Waals surface area contributed by atoms with Crippen molar-refractivity contribution in [3.63, 3.8) is 0 Å². The molecule has 0 amide bonds. The summed E-state index contributed by atoms with van der Waals surface area (Å²) in [5.74, 6) is 0.0686. The molecule has 1 aromatic heterocycles. The number of likely N-dealkylation sites (N-methyl/N-ethyl adjacent to an activating group) is 1. The van der Waals surface area contributed by atoms with Gasteiger partial charge in [0, 0.05) is 0 Å². The number of furan rings is 1. The van der Waals surface area contributed by atoms with E-state index < -0.39 is 5.97 Å². The summed E-state index contributed by atoms with van der Waals surface area (Å²) >= 11 is 0. The Morgan fingerprint density at radius 3 is 2.62 bits per heavy atom. The van der Waals surface area contributed by atoms with Gasteiger partial charge in [-0.05, 0) is 42.8 Å². The van der Waals surface area contributed by atoms with Crippen molar-refractivity contribution in [3.8, 4) is 0 Å². The Kier molecular flexibility index (Phi) is 5.11. The number of benzene rings is 1. The fourth-order valence-corrected chi connectivity index (χ4v) is 2.13. The maximum Gasteiger partial charge on any atom is 0.373 e. The van der Waals surface area contributed by atoms with Crippen LogP contribution in [0.15, 0.2) is 40.8 Å². The summed E-state index contributed by atoms with van der Waals surface area (Å²) in [5, 5.41) is 3.29. The molecule has 0 saturated heterocycles. The Hall–Kier alpha value is -2.14. The fourth-order valence-electron chi connectivity index (χ4n) is 2.13. The van der Waals surface area contributed by atoms with E-state index in [1.165, 1.54) is 19.2 Å². The minimum absolute atomic E-state index is 0.0844. The maximum absolute atomic E-state index is 12.9. The van der Waals surface area contributed by atoms with E-state index in [0.29, 0.717) is 12.2 Å². The molecule has 21 heavy (non-hydrogen) atoms. The first kappa shape index (κ1) is 15.3. The lowest BCUT2D eigenvalue weighted by Gasteiger charge is -2.15. The monoisotopic (exact) mass is 291 g/mol. The third-order valence-electron chi connectivity index (χ3n) is 3.16. The second-order valence-corrected chi connectivity index (χ2v) is 4.63. The average Bonchev–Trinajstić information content (AvgIpc) is 2.98. The number of methoxy groups -OCH3 is 1. The van der Waals surface area contributed by atoms with Crippen LogP contribution < -0.4 is 5.32 Å². The number of carbonyl (C=O) groups is 1. The lowest BCUT2D eigenvalue weighted by atomic mass is 10.0. The van der Waals surface area contributed by atoms with Gasteiger partial charge in [-0.1, -0.05) is 19.1 Å². The Morgan fingerprint density at radius 2 is 2.00 bits per heavy atom. The highest BCUT2D eigenvalue weighted by molar-refractivity contribution is 5.86. The van der Waals surface area contributed by atoms with Crippen molar-refractivity contribution >= 4 is 5.97 Å². The zero-order chi connectivity index (χ0) is 15.2. The highest BCUT2D eigenvalue weighted by atomic mass is 19.1. The molecule has 0 fully saturated rings. The smallest absolute Gasteiger partial charge is 0.373 e. The van der Waals surface area contributed by atoms with Crippen LogP contribution in [0.2, 0.25) is 0 Å². The molecular formula is C16H18FNO3. The molecule has 0 radical (unpaired) electrons. The van der Waals surface area contributed by atoms with Gasteiger partial charge in [0.1, 0.15) is 11.6 Å². The van der Waals surface area contributed by atoms with E-state index in [1.54, 1.807) is 24.3 Å². The van der Waals surface area contributed by atoms with Gasteiger partial charge in [-0.25, -0.2) is 9.18 Å². The SMILES string of the molecule is CCNC(Cc1ccc(F)cc1)c1ccc(C(=O)OC)o1. The Bertz CT molecular complexity index is 592. The van der Waals surface area contributed by atoms with E-state index in [9.17, 15) is 9.18 Å². The second kappa shape index (κ2) is 7.04. The summed E-state index contributed by atoms with van der Waals surface area (Å²) < 4.78 is 23.1. The van der Waals surface area contributed by atoms with E-state index >= 15 is 0 Å². The highest BCUT2D eigenvalue weighted by Gasteiger charge is 2.18. The van der Waals surface area contributed by atoms with Gasteiger partial charge in [0.05, 0.1) is 13.2 Å². The minimum atomic E-state index is -0.502. The van der Waals surface area contributed by atoms with Crippen LogP contribution in [0.3, 0.4) is 0 Å². The molecule has 1 atom stereocenters. The zero-order valence-corrected chi connectivity index (χ0v) is 12.1. The van der Waals surface area contributed by atoms with E-state index in [2.05, 4.69) is 10.1 Å². The van der Waals surface area contributed by atoms with Crippen LogP contribution >= 0.6 is 0 Å². The van der Waals surface area contributed by atoms with Crippen LogP contribution in [-0.2, 0) is 11.2 Å². The largest absolute Gasteiger partial charge is 0.463 e. The molecule has 1 aromatic carbocycles. The third kappa shape index (κ3) is 3.92. The van der Waals surface area contributed by atoms with Crippen molar-refractivity contribution in [1.82, 2.24) is 5.32 Å². The second-order valence-electron chi connectivity index (χ2n) is 4.63. The minimum Gasteiger partial charge on any atom is -0.463 e. The molecule has 0 aliphatic carbocycles. The molecule has 2 aromatic rings. The predicted molar refractivity (Wildman–Crippen MR) is 76.6 cm³/mol. The van der Waals surface area contributed by atoms with Crippen LogP contribution in [0.1, 0.15) is 34.8 Å². The number of hydrogen-bond donors (Lipinski definition) is 1. The number of halogens is 1. The third-order valence-corrected chi connectivity index (χ3v) is 3.16. The molecule has 0 spiro atoms. The van der Waals surface area contributed by atoms with Gasteiger partial charge in [-0.2, -0.15) is 0 Å². The van der Waals surface area contributed by atoms with Crippen molar-refractivity contribution in [2.75, 3.05) is 13.7 Å². The Morgan fingerprint density at radius 1 is 1.29 bits per heavy atom. The summed E-state index contributed by atoms with van der Waals surface area (Å²) in [6.07, 6.45) is 0.641. The lowest BCUT2D eigenvalue weighted by Crippen LogP contribution is -2.22. The number of ether oxygens (including phenoxy) is 1. The van der Waals surface area contributed by atoms with Crippen molar-refractivity contribution in [2.45, 2.75) is 19.4 Å². The molecule has 112 valence electrons. The first-order chi connectivity index (χ1) is 10.1. The summed E-state index contributed by atoms with van der Waals surface area (Å²) in [4.78, 5) is 11.4. The lowest BCUT2D eigenvalue weighted by molar-refractivity contribution is 0.0562. The van der Waals surface area contributed by atoms with Crippen molar-refractivity contribution in [1.29, 1.82) is 0 Å². The number of carbonyl (C=O) groups excluding carboxylic acids is 1. The van der Waals surface area contributed by atoms with Crippen LogP contribution in [0.25, 0.3) is 0 Å². The van der Waals surface area contributed by atoms with Gasteiger partial charge in [0.15, 0.2) is 0 Å².